The van der Waals surface area contributed by atoms with Gasteiger partial charge in [0.1, 0.15) is 6.33 Å². The summed E-state index contributed by atoms with van der Waals surface area (Å²) in [5, 5.41) is 2.96. The molecule has 3 aromatic rings. The number of amides is 1. The number of carbonyl (C=O) groups excluding carboxylic acids is 1. The number of aryl methyl sites for hydroxylation is 1. The summed E-state index contributed by atoms with van der Waals surface area (Å²) >= 11 is 6.04. The standard InChI is InChI=1S/C15H12ClN5O/c1-10-3-2-4-11(7-10)19-14(22)13-12(16)8-18-15(20-13)21-6-5-17-9-21/h2-9H,1H3,(H,19,22). The highest BCUT2D eigenvalue weighted by Crippen LogP contribution is 2.17. The summed E-state index contributed by atoms with van der Waals surface area (Å²) in [5.41, 5.74) is 1.84. The van der Waals surface area contributed by atoms with E-state index < -0.39 is 0 Å². The first-order valence-corrected chi connectivity index (χ1v) is 6.90. The third-order valence-electron chi connectivity index (χ3n) is 2.96. The zero-order valence-electron chi connectivity index (χ0n) is 11.7. The van der Waals surface area contributed by atoms with E-state index in [-0.39, 0.29) is 16.6 Å². The second kappa shape index (κ2) is 5.95. The number of hydrogen-bond donors (Lipinski definition) is 1. The van der Waals surface area contributed by atoms with Crippen LogP contribution in [0.25, 0.3) is 5.95 Å². The van der Waals surface area contributed by atoms with Gasteiger partial charge in [0.2, 0.25) is 5.95 Å². The molecule has 0 aliphatic rings. The maximum absolute atomic E-state index is 12.4. The molecular formula is C15H12ClN5O. The van der Waals surface area contributed by atoms with Crippen molar-refractivity contribution in [2.24, 2.45) is 0 Å². The second-order valence-corrected chi connectivity index (χ2v) is 5.07. The van der Waals surface area contributed by atoms with Crippen LogP contribution < -0.4 is 5.32 Å². The summed E-state index contributed by atoms with van der Waals surface area (Å²) < 4.78 is 1.60. The number of anilines is 1. The summed E-state index contributed by atoms with van der Waals surface area (Å²) in [4.78, 5) is 24.6. The first kappa shape index (κ1) is 14.2. The van der Waals surface area contributed by atoms with Crippen LogP contribution >= 0.6 is 11.6 Å². The van der Waals surface area contributed by atoms with Crippen molar-refractivity contribution in [3.05, 3.63) is 65.5 Å². The monoisotopic (exact) mass is 313 g/mol. The summed E-state index contributed by atoms with van der Waals surface area (Å²) in [6.07, 6.45) is 6.23. The predicted molar refractivity (Wildman–Crippen MR) is 83.3 cm³/mol. The minimum atomic E-state index is -0.389. The molecule has 7 heteroatoms. The lowest BCUT2D eigenvalue weighted by atomic mass is 10.2. The smallest absolute Gasteiger partial charge is 0.276 e. The minimum Gasteiger partial charge on any atom is -0.321 e. The first-order chi connectivity index (χ1) is 10.6. The Bertz CT molecular complexity index is 817. The maximum Gasteiger partial charge on any atom is 0.276 e. The highest BCUT2D eigenvalue weighted by molar-refractivity contribution is 6.33. The molecule has 0 aliphatic heterocycles. The Morgan fingerprint density at radius 2 is 2.23 bits per heavy atom. The van der Waals surface area contributed by atoms with Gasteiger partial charge < -0.3 is 5.32 Å². The lowest BCUT2D eigenvalue weighted by molar-refractivity contribution is 0.102. The number of aromatic nitrogens is 4. The number of nitrogens with one attached hydrogen (secondary N) is 1. The molecule has 22 heavy (non-hydrogen) atoms. The molecule has 3 rings (SSSR count). The van der Waals surface area contributed by atoms with E-state index in [9.17, 15) is 4.79 Å². The molecule has 0 spiro atoms. The van der Waals surface area contributed by atoms with E-state index in [0.717, 1.165) is 5.56 Å². The number of imidazole rings is 1. The van der Waals surface area contributed by atoms with Gasteiger partial charge in [-0.05, 0) is 24.6 Å². The quantitative estimate of drug-likeness (QED) is 0.807. The molecule has 0 fully saturated rings. The van der Waals surface area contributed by atoms with Crippen LogP contribution in [-0.2, 0) is 0 Å². The average molecular weight is 314 g/mol. The number of carbonyl (C=O) groups is 1. The van der Waals surface area contributed by atoms with Gasteiger partial charge in [0.25, 0.3) is 5.91 Å². The van der Waals surface area contributed by atoms with E-state index in [1.807, 2.05) is 25.1 Å². The van der Waals surface area contributed by atoms with Gasteiger partial charge in [-0.2, -0.15) is 0 Å². The zero-order chi connectivity index (χ0) is 15.5. The lowest BCUT2D eigenvalue weighted by Gasteiger charge is -2.08. The molecule has 1 aromatic carbocycles. The average Bonchev–Trinajstić information content (AvgIpc) is 3.02. The third-order valence-corrected chi connectivity index (χ3v) is 3.23. The van der Waals surface area contributed by atoms with Gasteiger partial charge in [-0.25, -0.2) is 15.0 Å². The fourth-order valence-electron chi connectivity index (χ4n) is 1.93. The van der Waals surface area contributed by atoms with Crippen LogP contribution in [0.3, 0.4) is 0 Å². The Morgan fingerprint density at radius 3 is 2.95 bits per heavy atom. The topological polar surface area (TPSA) is 72.7 Å². The van der Waals surface area contributed by atoms with Crippen molar-refractivity contribution in [2.75, 3.05) is 5.32 Å². The Morgan fingerprint density at radius 1 is 1.36 bits per heavy atom. The van der Waals surface area contributed by atoms with Crippen LogP contribution in [0.5, 0.6) is 0 Å². The molecule has 0 atom stereocenters. The van der Waals surface area contributed by atoms with Crippen molar-refractivity contribution in [1.29, 1.82) is 0 Å². The van der Waals surface area contributed by atoms with Gasteiger partial charge >= 0.3 is 0 Å². The summed E-state index contributed by atoms with van der Waals surface area (Å²) in [6, 6.07) is 7.48. The zero-order valence-corrected chi connectivity index (χ0v) is 12.4. The van der Waals surface area contributed by atoms with Gasteiger partial charge in [-0.1, -0.05) is 23.7 Å². The van der Waals surface area contributed by atoms with Crippen molar-refractivity contribution in [3.8, 4) is 5.95 Å². The highest BCUT2D eigenvalue weighted by atomic mass is 35.5. The van der Waals surface area contributed by atoms with Crippen molar-refractivity contribution in [1.82, 2.24) is 19.5 Å². The van der Waals surface area contributed by atoms with E-state index in [1.165, 1.54) is 6.20 Å². The van der Waals surface area contributed by atoms with E-state index >= 15 is 0 Å². The molecule has 1 amide bonds. The van der Waals surface area contributed by atoms with Crippen LogP contribution in [0.15, 0.2) is 49.2 Å². The maximum atomic E-state index is 12.4. The minimum absolute atomic E-state index is 0.113. The summed E-state index contributed by atoms with van der Waals surface area (Å²) in [6.45, 7) is 1.95. The van der Waals surface area contributed by atoms with Crippen molar-refractivity contribution >= 4 is 23.2 Å². The number of benzene rings is 1. The van der Waals surface area contributed by atoms with E-state index in [0.29, 0.717) is 11.6 Å². The number of hydrogen-bond acceptors (Lipinski definition) is 4. The van der Waals surface area contributed by atoms with Crippen LogP contribution in [0, 0.1) is 6.92 Å². The van der Waals surface area contributed by atoms with E-state index in [2.05, 4.69) is 20.3 Å². The highest BCUT2D eigenvalue weighted by Gasteiger charge is 2.15. The molecule has 2 heterocycles. The Kier molecular flexibility index (Phi) is 3.84. The Balaban J connectivity index is 1.90. The second-order valence-electron chi connectivity index (χ2n) is 4.66. The molecule has 0 bridgehead atoms. The van der Waals surface area contributed by atoms with E-state index in [4.69, 9.17) is 11.6 Å². The van der Waals surface area contributed by atoms with E-state index in [1.54, 1.807) is 29.4 Å². The van der Waals surface area contributed by atoms with Crippen LogP contribution in [0.1, 0.15) is 16.1 Å². The molecule has 0 saturated carbocycles. The van der Waals surface area contributed by atoms with Crippen LogP contribution in [-0.4, -0.2) is 25.4 Å². The molecule has 2 aromatic heterocycles. The molecule has 0 aliphatic carbocycles. The SMILES string of the molecule is Cc1cccc(NC(=O)c2nc(-n3ccnc3)ncc2Cl)c1. The molecule has 110 valence electrons. The number of nitrogens with zero attached hydrogens (tertiary/aromatic N) is 4. The van der Waals surface area contributed by atoms with Gasteiger partial charge in [-0.3, -0.25) is 9.36 Å². The lowest BCUT2D eigenvalue weighted by Crippen LogP contribution is -2.16. The van der Waals surface area contributed by atoms with Gasteiger partial charge in [0.15, 0.2) is 5.69 Å². The molecule has 0 unspecified atom stereocenters. The number of halogens is 1. The fourth-order valence-corrected chi connectivity index (χ4v) is 2.11. The van der Waals surface area contributed by atoms with Crippen molar-refractivity contribution < 1.29 is 4.79 Å². The third kappa shape index (κ3) is 2.96. The van der Waals surface area contributed by atoms with Gasteiger partial charge in [-0.15, -0.1) is 0 Å². The summed E-state index contributed by atoms with van der Waals surface area (Å²) in [7, 11) is 0. The number of rotatable bonds is 3. The Hall–Kier alpha value is -2.73. The van der Waals surface area contributed by atoms with Gasteiger partial charge in [0.05, 0.1) is 11.2 Å². The molecule has 0 saturated heterocycles. The first-order valence-electron chi connectivity index (χ1n) is 6.52. The Labute approximate surface area is 131 Å². The molecule has 6 nitrogen and oxygen atoms in total. The van der Waals surface area contributed by atoms with Gasteiger partial charge in [0, 0.05) is 18.1 Å². The normalized spacial score (nSPS) is 10.5. The van der Waals surface area contributed by atoms with Crippen molar-refractivity contribution in [3.63, 3.8) is 0 Å². The molecular weight excluding hydrogens is 302 g/mol. The van der Waals surface area contributed by atoms with Crippen LogP contribution in [0.2, 0.25) is 5.02 Å². The molecule has 1 N–H and O–H groups in total. The largest absolute Gasteiger partial charge is 0.321 e. The molecule has 0 radical (unpaired) electrons. The predicted octanol–water partition coefficient (Wildman–Crippen LogP) is 2.88. The summed E-state index contributed by atoms with van der Waals surface area (Å²) in [5.74, 6) is -0.0596. The van der Waals surface area contributed by atoms with Crippen LogP contribution in [0.4, 0.5) is 5.69 Å². The fraction of sp³-hybridized carbons (Fsp3) is 0.0667. The van der Waals surface area contributed by atoms with Crippen molar-refractivity contribution in [2.45, 2.75) is 6.92 Å².